The van der Waals surface area contributed by atoms with E-state index in [-0.39, 0.29) is 5.97 Å². The minimum atomic E-state index is -0.120. The maximum Gasteiger partial charge on any atom is 0.305 e. The van der Waals surface area contributed by atoms with Gasteiger partial charge in [-0.1, -0.05) is 47.0 Å². The second-order valence-corrected chi connectivity index (χ2v) is 7.84. The van der Waals surface area contributed by atoms with Crippen LogP contribution in [0.2, 0.25) is 0 Å². The lowest BCUT2D eigenvalue weighted by molar-refractivity contribution is -0.145. The maximum atomic E-state index is 11.8. The van der Waals surface area contributed by atoms with Gasteiger partial charge in [-0.15, -0.1) is 0 Å². The highest BCUT2D eigenvalue weighted by molar-refractivity contribution is 5.69. The molecule has 0 aromatic heterocycles. The monoisotopic (exact) mass is 418 g/mol. The Kier molecular flexibility index (Phi) is 21.5. The molecule has 0 radical (unpaired) electrons. The first kappa shape index (κ1) is 28.3. The first-order valence-corrected chi connectivity index (χ1v) is 11.6. The van der Waals surface area contributed by atoms with E-state index in [1.807, 2.05) is 0 Å². The molecule has 0 amide bonds. The summed E-state index contributed by atoms with van der Waals surface area (Å²) in [4.78, 5) is 11.8. The van der Waals surface area contributed by atoms with E-state index in [1.165, 1.54) is 12.8 Å². The molecule has 0 fully saturated rings. The van der Waals surface area contributed by atoms with E-state index in [0.717, 1.165) is 25.9 Å². The molecular formula is C23H46O6. The van der Waals surface area contributed by atoms with Crippen LogP contribution in [0.25, 0.3) is 0 Å². The number of ether oxygens (including phenoxy) is 5. The van der Waals surface area contributed by atoms with E-state index in [9.17, 15) is 4.79 Å². The SMILES string of the molecule is CCCCC(CC)COC(=O)CCCOCCOCCOCCOCCC(C)C. The van der Waals surface area contributed by atoms with Gasteiger partial charge in [-0.05, 0) is 31.1 Å². The van der Waals surface area contributed by atoms with Gasteiger partial charge in [0, 0.05) is 19.6 Å². The predicted octanol–water partition coefficient (Wildman–Crippen LogP) is 4.64. The van der Waals surface area contributed by atoms with E-state index in [0.29, 0.717) is 77.5 Å². The Morgan fingerprint density at radius 2 is 1.28 bits per heavy atom. The quantitative estimate of drug-likeness (QED) is 0.189. The van der Waals surface area contributed by atoms with Crippen LogP contribution < -0.4 is 0 Å². The van der Waals surface area contributed by atoms with Crippen LogP contribution in [0.3, 0.4) is 0 Å². The first-order valence-electron chi connectivity index (χ1n) is 11.6. The summed E-state index contributed by atoms with van der Waals surface area (Å²) in [6, 6.07) is 0. The van der Waals surface area contributed by atoms with Gasteiger partial charge < -0.3 is 23.7 Å². The number of carbonyl (C=O) groups excluding carboxylic acids is 1. The minimum absolute atomic E-state index is 0.120. The fourth-order valence-corrected chi connectivity index (χ4v) is 2.58. The van der Waals surface area contributed by atoms with Gasteiger partial charge in [-0.2, -0.15) is 0 Å². The van der Waals surface area contributed by atoms with Gasteiger partial charge in [0.05, 0.1) is 46.2 Å². The van der Waals surface area contributed by atoms with Crippen molar-refractivity contribution < 1.29 is 28.5 Å². The molecule has 0 aromatic rings. The molecule has 0 spiro atoms. The number of hydrogen-bond acceptors (Lipinski definition) is 6. The Hall–Kier alpha value is -0.690. The summed E-state index contributed by atoms with van der Waals surface area (Å²) in [6.45, 7) is 14.0. The molecular weight excluding hydrogens is 372 g/mol. The Bertz CT molecular complexity index is 348. The van der Waals surface area contributed by atoms with E-state index in [1.54, 1.807) is 0 Å². The molecule has 6 heteroatoms. The second kappa shape index (κ2) is 22.0. The molecule has 0 N–H and O–H groups in total. The zero-order valence-electron chi connectivity index (χ0n) is 19.4. The molecule has 1 atom stereocenters. The zero-order valence-corrected chi connectivity index (χ0v) is 19.4. The second-order valence-electron chi connectivity index (χ2n) is 7.84. The van der Waals surface area contributed by atoms with Crippen molar-refractivity contribution in [1.29, 1.82) is 0 Å². The molecule has 0 saturated heterocycles. The van der Waals surface area contributed by atoms with Crippen molar-refractivity contribution in [2.24, 2.45) is 11.8 Å². The summed E-state index contributed by atoms with van der Waals surface area (Å²) >= 11 is 0. The van der Waals surface area contributed by atoms with Crippen molar-refractivity contribution in [2.45, 2.75) is 72.6 Å². The summed E-state index contributed by atoms with van der Waals surface area (Å²) in [6.07, 6.45) is 6.77. The van der Waals surface area contributed by atoms with Crippen LogP contribution >= 0.6 is 0 Å². The lowest BCUT2D eigenvalue weighted by Crippen LogP contribution is -2.15. The van der Waals surface area contributed by atoms with Gasteiger partial charge in [0.2, 0.25) is 0 Å². The van der Waals surface area contributed by atoms with Gasteiger partial charge in [0.25, 0.3) is 0 Å². The number of unbranched alkanes of at least 4 members (excludes halogenated alkanes) is 1. The average molecular weight is 419 g/mol. The first-order chi connectivity index (χ1) is 14.1. The third-order valence-corrected chi connectivity index (χ3v) is 4.65. The lowest BCUT2D eigenvalue weighted by Gasteiger charge is -2.14. The number of rotatable bonds is 22. The molecule has 0 aliphatic carbocycles. The van der Waals surface area contributed by atoms with E-state index in [2.05, 4.69) is 27.7 Å². The Morgan fingerprint density at radius 1 is 0.724 bits per heavy atom. The Morgan fingerprint density at radius 3 is 1.79 bits per heavy atom. The number of carbonyl (C=O) groups is 1. The van der Waals surface area contributed by atoms with E-state index < -0.39 is 0 Å². The molecule has 29 heavy (non-hydrogen) atoms. The smallest absolute Gasteiger partial charge is 0.305 e. The van der Waals surface area contributed by atoms with Gasteiger partial charge >= 0.3 is 5.97 Å². The van der Waals surface area contributed by atoms with Crippen molar-refractivity contribution in [3.63, 3.8) is 0 Å². The molecule has 6 nitrogen and oxygen atoms in total. The van der Waals surface area contributed by atoms with Gasteiger partial charge in [0.15, 0.2) is 0 Å². The van der Waals surface area contributed by atoms with Crippen LogP contribution in [-0.4, -0.2) is 65.4 Å². The highest BCUT2D eigenvalue weighted by Crippen LogP contribution is 2.13. The maximum absolute atomic E-state index is 11.8. The van der Waals surface area contributed by atoms with Crippen molar-refractivity contribution in [3.8, 4) is 0 Å². The standard InChI is InChI=1S/C23H46O6/c1-5-7-9-22(6-2)20-29-23(24)10-8-12-25-14-16-27-18-19-28-17-15-26-13-11-21(3)4/h21-22H,5-20H2,1-4H3. The fraction of sp³-hybridized carbons (Fsp3) is 0.957. The molecule has 0 saturated carbocycles. The fourth-order valence-electron chi connectivity index (χ4n) is 2.58. The largest absolute Gasteiger partial charge is 0.465 e. The normalized spacial score (nSPS) is 12.4. The molecule has 0 aliphatic heterocycles. The predicted molar refractivity (Wildman–Crippen MR) is 116 cm³/mol. The van der Waals surface area contributed by atoms with Crippen LogP contribution in [0.4, 0.5) is 0 Å². The minimum Gasteiger partial charge on any atom is -0.465 e. The van der Waals surface area contributed by atoms with Crippen molar-refractivity contribution in [1.82, 2.24) is 0 Å². The summed E-state index contributed by atoms with van der Waals surface area (Å²) < 4.78 is 27.2. The van der Waals surface area contributed by atoms with Crippen LogP contribution in [-0.2, 0) is 28.5 Å². The van der Waals surface area contributed by atoms with Crippen molar-refractivity contribution in [2.75, 3.05) is 59.5 Å². The Balaban J connectivity index is 3.27. The van der Waals surface area contributed by atoms with E-state index >= 15 is 0 Å². The summed E-state index contributed by atoms with van der Waals surface area (Å²) in [7, 11) is 0. The number of hydrogen-bond donors (Lipinski definition) is 0. The summed E-state index contributed by atoms with van der Waals surface area (Å²) in [5.41, 5.74) is 0. The highest BCUT2D eigenvalue weighted by atomic mass is 16.6. The average Bonchev–Trinajstić information content (AvgIpc) is 2.70. The molecule has 0 aromatic carbocycles. The summed E-state index contributed by atoms with van der Waals surface area (Å²) in [5, 5.41) is 0. The summed E-state index contributed by atoms with van der Waals surface area (Å²) in [5.74, 6) is 1.05. The van der Waals surface area contributed by atoms with Crippen LogP contribution in [0.15, 0.2) is 0 Å². The van der Waals surface area contributed by atoms with Crippen LogP contribution in [0.5, 0.6) is 0 Å². The van der Waals surface area contributed by atoms with E-state index in [4.69, 9.17) is 23.7 Å². The van der Waals surface area contributed by atoms with Crippen molar-refractivity contribution in [3.05, 3.63) is 0 Å². The molecule has 0 rings (SSSR count). The molecule has 174 valence electrons. The molecule has 0 heterocycles. The molecule has 0 bridgehead atoms. The Labute approximate surface area is 178 Å². The zero-order chi connectivity index (χ0) is 21.6. The van der Waals surface area contributed by atoms with Crippen molar-refractivity contribution >= 4 is 5.97 Å². The molecule has 0 aliphatic rings. The van der Waals surface area contributed by atoms with Crippen LogP contribution in [0, 0.1) is 11.8 Å². The van der Waals surface area contributed by atoms with Gasteiger partial charge in [0.1, 0.15) is 0 Å². The molecule has 1 unspecified atom stereocenters. The lowest BCUT2D eigenvalue weighted by atomic mass is 10.0. The van der Waals surface area contributed by atoms with Gasteiger partial charge in [-0.3, -0.25) is 4.79 Å². The third kappa shape index (κ3) is 21.8. The third-order valence-electron chi connectivity index (χ3n) is 4.65. The number of esters is 1. The highest BCUT2D eigenvalue weighted by Gasteiger charge is 2.09. The topological polar surface area (TPSA) is 63.2 Å². The van der Waals surface area contributed by atoms with Crippen LogP contribution in [0.1, 0.15) is 72.6 Å². The van der Waals surface area contributed by atoms with Gasteiger partial charge in [-0.25, -0.2) is 0 Å².